The Kier molecular flexibility index (Phi) is 6.77. The van der Waals surface area contributed by atoms with E-state index < -0.39 is 22.0 Å². The van der Waals surface area contributed by atoms with E-state index in [1.54, 1.807) is 43.3 Å². The number of benzene rings is 2. The number of carbonyl (C=O) groups excluding carboxylic acids is 1. The third kappa shape index (κ3) is 4.82. The van der Waals surface area contributed by atoms with Crippen LogP contribution in [0.1, 0.15) is 20.3 Å². The van der Waals surface area contributed by atoms with Crippen molar-refractivity contribution in [2.24, 2.45) is 5.92 Å². The fourth-order valence-corrected chi connectivity index (χ4v) is 3.93. The van der Waals surface area contributed by atoms with Crippen molar-refractivity contribution in [1.29, 1.82) is 0 Å². The zero-order valence-electron chi connectivity index (χ0n) is 14.4. The largest absolute Gasteiger partial charge is 0.289 e. The minimum atomic E-state index is -3.96. The molecule has 8 heteroatoms. The van der Waals surface area contributed by atoms with Crippen LogP contribution in [0.15, 0.2) is 53.4 Å². The Balaban J connectivity index is 2.35. The van der Waals surface area contributed by atoms with Gasteiger partial charge in [-0.2, -0.15) is 4.72 Å². The van der Waals surface area contributed by atoms with Crippen molar-refractivity contribution in [2.75, 3.05) is 0 Å². The normalized spacial score (nSPS) is 13.8. The third-order valence-electron chi connectivity index (χ3n) is 4.21. The van der Waals surface area contributed by atoms with E-state index in [2.05, 4.69) is 4.72 Å². The smallest absolute Gasteiger partial charge is 0.261 e. The lowest BCUT2D eigenvalue weighted by Crippen LogP contribution is -2.49. The zero-order valence-corrected chi connectivity index (χ0v) is 16.0. The molecule has 2 aromatic rings. The van der Waals surface area contributed by atoms with Crippen LogP contribution < -0.4 is 10.2 Å². The predicted molar refractivity (Wildman–Crippen MR) is 100 cm³/mol. The highest BCUT2D eigenvalue weighted by atomic mass is 35.5. The number of hydrogen-bond acceptors (Lipinski definition) is 4. The first kappa shape index (κ1) is 20.4. The molecular weight excluding hydrogens is 376 g/mol. The quantitative estimate of drug-likeness (QED) is 0.494. The van der Waals surface area contributed by atoms with Crippen LogP contribution in [0.25, 0.3) is 11.1 Å². The van der Waals surface area contributed by atoms with E-state index in [4.69, 9.17) is 16.8 Å². The summed E-state index contributed by atoms with van der Waals surface area (Å²) >= 11 is 5.88. The van der Waals surface area contributed by atoms with Gasteiger partial charge in [-0.05, 0) is 41.3 Å². The molecular formula is C18H21ClN2O4S. The van der Waals surface area contributed by atoms with Crippen molar-refractivity contribution in [2.45, 2.75) is 31.2 Å². The molecule has 140 valence electrons. The maximum absolute atomic E-state index is 12.7. The van der Waals surface area contributed by atoms with Gasteiger partial charge in [-0.25, -0.2) is 13.9 Å². The minimum absolute atomic E-state index is 0.0315. The lowest BCUT2D eigenvalue weighted by molar-refractivity contribution is -0.132. The van der Waals surface area contributed by atoms with Gasteiger partial charge in [-0.3, -0.25) is 10.0 Å². The summed E-state index contributed by atoms with van der Waals surface area (Å²) in [6, 6.07) is 12.3. The van der Waals surface area contributed by atoms with Gasteiger partial charge in [0, 0.05) is 5.02 Å². The molecule has 2 aromatic carbocycles. The Bertz CT molecular complexity index is 869. The zero-order chi connectivity index (χ0) is 19.3. The maximum Gasteiger partial charge on any atom is 0.261 e. The molecule has 0 fully saturated rings. The average Bonchev–Trinajstić information content (AvgIpc) is 2.65. The summed E-state index contributed by atoms with van der Waals surface area (Å²) in [6.07, 6.45) is 0.561. The molecule has 0 unspecified atom stereocenters. The highest BCUT2D eigenvalue weighted by Gasteiger charge is 2.29. The fourth-order valence-electron chi connectivity index (χ4n) is 2.45. The van der Waals surface area contributed by atoms with Crippen LogP contribution >= 0.6 is 11.6 Å². The lowest BCUT2D eigenvalue weighted by atomic mass is 10.00. The topological polar surface area (TPSA) is 95.5 Å². The van der Waals surface area contributed by atoms with Crippen LogP contribution in [-0.4, -0.2) is 25.6 Å². The van der Waals surface area contributed by atoms with Crippen molar-refractivity contribution in [1.82, 2.24) is 10.2 Å². The third-order valence-corrected chi connectivity index (χ3v) is 5.90. The Labute approximate surface area is 158 Å². The summed E-state index contributed by atoms with van der Waals surface area (Å²) in [5.74, 6) is -1.09. The van der Waals surface area contributed by atoms with Gasteiger partial charge in [0.15, 0.2) is 0 Å². The van der Waals surface area contributed by atoms with Crippen LogP contribution in [0.4, 0.5) is 0 Å². The predicted octanol–water partition coefficient (Wildman–Crippen LogP) is 3.21. The summed E-state index contributed by atoms with van der Waals surface area (Å²) in [6.45, 7) is 3.56. The molecule has 26 heavy (non-hydrogen) atoms. The second-order valence-corrected chi connectivity index (χ2v) is 8.15. The van der Waals surface area contributed by atoms with Crippen molar-refractivity contribution < 1.29 is 18.4 Å². The van der Waals surface area contributed by atoms with Gasteiger partial charge in [0.2, 0.25) is 10.0 Å². The number of hydroxylamine groups is 1. The molecule has 0 heterocycles. The molecule has 0 saturated carbocycles. The first-order valence-corrected chi connectivity index (χ1v) is 9.97. The van der Waals surface area contributed by atoms with E-state index >= 15 is 0 Å². The highest BCUT2D eigenvalue weighted by molar-refractivity contribution is 7.89. The van der Waals surface area contributed by atoms with E-state index in [0.29, 0.717) is 17.0 Å². The molecule has 0 bridgehead atoms. The Morgan fingerprint density at radius 3 is 2.38 bits per heavy atom. The molecule has 3 N–H and O–H groups in total. The molecule has 0 aliphatic carbocycles. The van der Waals surface area contributed by atoms with Gasteiger partial charge in [-0.1, -0.05) is 56.1 Å². The van der Waals surface area contributed by atoms with Crippen LogP contribution in [-0.2, 0) is 14.8 Å². The molecule has 0 aliphatic heterocycles. The molecule has 6 nitrogen and oxygen atoms in total. The number of hydrogen-bond donors (Lipinski definition) is 3. The van der Waals surface area contributed by atoms with Gasteiger partial charge in [0.05, 0.1) is 4.90 Å². The second-order valence-electron chi connectivity index (χ2n) is 6.00. The first-order chi connectivity index (χ1) is 12.3. The molecule has 2 rings (SSSR count). The molecule has 0 saturated heterocycles. The average molecular weight is 397 g/mol. The first-order valence-electron chi connectivity index (χ1n) is 8.10. The molecule has 2 atom stereocenters. The minimum Gasteiger partial charge on any atom is -0.289 e. The number of carbonyl (C=O) groups is 1. The van der Waals surface area contributed by atoms with Gasteiger partial charge < -0.3 is 0 Å². The summed E-state index contributed by atoms with van der Waals surface area (Å²) in [5, 5.41) is 9.48. The Morgan fingerprint density at radius 2 is 1.81 bits per heavy atom. The van der Waals surface area contributed by atoms with Crippen LogP contribution in [0.5, 0.6) is 0 Å². The Hall–Kier alpha value is -1.93. The van der Waals surface area contributed by atoms with Crippen LogP contribution in [0.2, 0.25) is 5.02 Å². The lowest BCUT2D eigenvalue weighted by Gasteiger charge is -2.22. The Morgan fingerprint density at radius 1 is 1.15 bits per heavy atom. The van der Waals surface area contributed by atoms with Crippen LogP contribution in [0.3, 0.4) is 0 Å². The number of amides is 1. The summed E-state index contributed by atoms with van der Waals surface area (Å²) in [5.41, 5.74) is 3.04. The molecule has 0 aliphatic rings. The summed E-state index contributed by atoms with van der Waals surface area (Å²) in [4.78, 5) is 11.9. The highest BCUT2D eigenvalue weighted by Crippen LogP contribution is 2.24. The van der Waals surface area contributed by atoms with Crippen LogP contribution in [0, 0.1) is 5.92 Å². The van der Waals surface area contributed by atoms with Gasteiger partial charge in [-0.15, -0.1) is 0 Å². The van der Waals surface area contributed by atoms with Gasteiger partial charge in [0.25, 0.3) is 5.91 Å². The number of halogens is 1. The number of rotatable bonds is 7. The van der Waals surface area contributed by atoms with E-state index in [-0.39, 0.29) is 10.8 Å². The van der Waals surface area contributed by atoms with E-state index in [0.717, 1.165) is 5.56 Å². The van der Waals surface area contributed by atoms with E-state index in [1.165, 1.54) is 17.6 Å². The SMILES string of the molecule is CC[C@@H](C)[C@@H](NS(=O)(=O)c1cccc(-c2ccc(Cl)cc2)c1)C(=O)NO. The fraction of sp³-hybridized carbons (Fsp3) is 0.278. The molecule has 0 radical (unpaired) electrons. The summed E-state index contributed by atoms with van der Waals surface area (Å²) < 4.78 is 27.8. The molecule has 1 amide bonds. The van der Waals surface area contributed by atoms with E-state index in [1.807, 2.05) is 6.92 Å². The number of sulfonamides is 1. The van der Waals surface area contributed by atoms with E-state index in [9.17, 15) is 13.2 Å². The number of nitrogens with one attached hydrogen (secondary N) is 2. The van der Waals surface area contributed by atoms with Crippen molar-refractivity contribution in [3.63, 3.8) is 0 Å². The molecule has 0 aromatic heterocycles. The second kappa shape index (κ2) is 8.64. The standard InChI is InChI=1S/C18H21ClN2O4S/c1-3-12(2)17(18(22)20-23)21-26(24,25)16-6-4-5-14(11-16)13-7-9-15(19)10-8-13/h4-12,17,21,23H,3H2,1-2H3,(H,20,22)/t12-,17-/m1/s1. The van der Waals surface area contributed by atoms with Crippen molar-refractivity contribution in [3.8, 4) is 11.1 Å². The van der Waals surface area contributed by atoms with Gasteiger partial charge >= 0.3 is 0 Å². The van der Waals surface area contributed by atoms with Crippen molar-refractivity contribution >= 4 is 27.5 Å². The monoisotopic (exact) mass is 396 g/mol. The van der Waals surface area contributed by atoms with Gasteiger partial charge in [0.1, 0.15) is 6.04 Å². The summed E-state index contributed by atoms with van der Waals surface area (Å²) in [7, 11) is -3.96. The molecule has 0 spiro atoms. The maximum atomic E-state index is 12.7. The van der Waals surface area contributed by atoms with Crippen molar-refractivity contribution in [3.05, 3.63) is 53.6 Å².